The molecule has 0 aliphatic carbocycles. The Morgan fingerprint density at radius 1 is 1.00 bits per heavy atom. The van der Waals surface area contributed by atoms with Crippen LogP contribution < -0.4 is 4.72 Å². The Balaban J connectivity index is 1.58. The van der Waals surface area contributed by atoms with E-state index in [0.29, 0.717) is 18.2 Å². The lowest BCUT2D eigenvalue weighted by Crippen LogP contribution is -2.28. The van der Waals surface area contributed by atoms with Crippen LogP contribution in [0.5, 0.6) is 0 Å². The SMILES string of the molecule is O=S(=O)(Cc1ccc(C(F)(F)F)cc1)NCCn1ccnc1-c1ncccn1. The van der Waals surface area contributed by atoms with E-state index in [9.17, 15) is 21.6 Å². The lowest BCUT2D eigenvalue weighted by Gasteiger charge is -2.10. The largest absolute Gasteiger partial charge is 0.416 e. The topological polar surface area (TPSA) is 89.8 Å². The van der Waals surface area contributed by atoms with Gasteiger partial charge in [-0.2, -0.15) is 13.2 Å². The monoisotopic (exact) mass is 411 g/mol. The maximum Gasteiger partial charge on any atom is 0.416 e. The summed E-state index contributed by atoms with van der Waals surface area (Å²) in [5.41, 5.74) is -0.557. The van der Waals surface area contributed by atoms with E-state index < -0.39 is 27.5 Å². The van der Waals surface area contributed by atoms with Crippen LogP contribution in [0.25, 0.3) is 11.6 Å². The molecule has 0 fully saturated rings. The van der Waals surface area contributed by atoms with E-state index in [1.165, 1.54) is 0 Å². The highest BCUT2D eigenvalue weighted by Gasteiger charge is 2.30. The highest BCUT2D eigenvalue weighted by atomic mass is 32.2. The number of rotatable bonds is 7. The van der Waals surface area contributed by atoms with Crippen molar-refractivity contribution in [3.8, 4) is 11.6 Å². The second kappa shape index (κ2) is 8.07. The Hall–Kier alpha value is -2.79. The summed E-state index contributed by atoms with van der Waals surface area (Å²) >= 11 is 0. The van der Waals surface area contributed by atoms with Gasteiger partial charge in [0.05, 0.1) is 11.3 Å². The van der Waals surface area contributed by atoms with E-state index in [4.69, 9.17) is 0 Å². The van der Waals surface area contributed by atoms with Gasteiger partial charge in [-0.25, -0.2) is 28.1 Å². The van der Waals surface area contributed by atoms with Crippen LogP contribution in [0.2, 0.25) is 0 Å². The smallest absolute Gasteiger partial charge is 0.327 e. The third-order valence-corrected chi connectivity index (χ3v) is 5.15. The van der Waals surface area contributed by atoms with Gasteiger partial charge in [-0.1, -0.05) is 12.1 Å². The van der Waals surface area contributed by atoms with Gasteiger partial charge in [0.1, 0.15) is 0 Å². The first-order chi connectivity index (χ1) is 13.2. The summed E-state index contributed by atoms with van der Waals surface area (Å²) in [7, 11) is -3.71. The number of nitrogens with zero attached hydrogens (tertiary/aromatic N) is 4. The van der Waals surface area contributed by atoms with Crippen molar-refractivity contribution < 1.29 is 21.6 Å². The van der Waals surface area contributed by atoms with Gasteiger partial charge in [-0.3, -0.25) is 0 Å². The summed E-state index contributed by atoms with van der Waals surface area (Å²) in [5, 5.41) is 0. The first kappa shape index (κ1) is 20.0. The zero-order chi connectivity index (χ0) is 20.2. The molecule has 2 heterocycles. The zero-order valence-electron chi connectivity index (χ0n) is 14.5. The number of imidazole rings is 1. The number of nitrogens with one attached hydrogen (secondary N) is 1. The average Bonchev–Trinajstić information content (AvgIpc) is 3.10. The maximum atomic E-state index is 12.6. The molecule has 2 aromatic heterocycles. The fraction of sp³-hybridized carbons (Fsp3) is 0.235. The first-order valence-corrected chi connectivity index (χ1v) is 9.82. The number of aromatic nitrogens is 4. The molecule has 0 atom stereocenters. The summed E-state index contributed by atoms with van der Waals surface area (Å²) < 4.78 is 66.2. The molecule has 1 aromatic carbocycles. The molecule has 0 bridgehead atoms. The number of sulfonamides is 1. The second-order valence-corrected chi connectivity index (χ2v) is 7.67. The highest BCUT2D eigenvalue weighted by Crippen LogP contribution is 2.29. The van der Waals surface area contributed by atoms with Crippen LogP contribution >= 0.6 is 0 Å². The molecular weight excluding hydrogens is 395 g/mol. The van der Waals surface area contributed by atoms with Crippen molar-refractivity contribution in [3.05, 3.63) is 66.2 Å². The molecule has 3 aromatic rings. The Morgan fingerprint density at radius 3 is 2.32 bits per heavy atom. The Kier molecular flexibility index (Phi) is 5.75. The van der Waals surface area contributed by atoms with E-state index in [-0.39, 0.29) is 12.1 Å². The van der Waals surface area contributed by atoms with Crippen LogP contribution in [-0.2, 0) is 28.5 Å². The predicted molar refractivity (Wildman–Crippen MR) is 95.3 cm³/mol. The van der Waals surface area contributed by atoms with Crippen LogP contribution in [-0.4, -0.2) is 34.5 Å². The highest BCUT2D eigenvalue weighted by molar-refractivity contribution is 7.88. The standard InChI is InChI=1S/C17H16F3N5O2S/c18-17(19,20)14-4-2-13(3-5-14)12-28(26,27)24-9-11-25-10-8-23-16(25)15-21-6-1-7-22-15/h1-8,10,24H,9,11-12H2. The van der Waals surface area contributed by atoms with E-state index in [0.717, 1.165) is 24.3 Å². The minimum absolute atomic E-state index is 0.0825. The quantitative estimate of drug-likeness (QED) is 0.645. The Morgan fingerprint density at radius 2 is 1.68 bits per heavy atom. The van der Waals surface area contributed by atoms with Crippen LogP contribution in [0.1, 0.15) is 11.1 Å². The van der Waals surface area contributed by atoms with Crippen molar-refractivity contribution in [2.75, 3.05) is 6.54 Å². The minimum atomic E-state index is -4.46. The van der Waals surface area contributed by atoms with Gasteiger partial charge < -0.3 is 4.57 Å². The zero-order valence-corrected chi connectivity index (χ0v) is 15.3. The van der Waals surface area contributed by atoms with Crippen molar-refractivity contribution in [2.24, 2.45) is 0 Å². The van der Waals surface area contributed by atoms with Crippen molar-refractivity contribution in [1.82, 2.24) is 24.2 Å². The van der Waals surface area contributed by atoms with E-state index in [1.807, 2.05) is 0 Å². The van der Waals surface area contributed by atoms with Crippen molar-refractivity contribution >= 4 is 10.0 Å². The number of benzene rings is 1. The maximum absolute atomic E-state index is 12.6. The lowest BCUT2D eigenvalue weighted by molar-refractivity contribution is -0.137. The van der Waals surface area contributed by atoms with Crippen LogP contribution in [0.3, 0.4) is 0 Å². The van der Waals surface area contributed by atoms with Gasteiger partial charge in [0.2, 0.25) is 10.0 Å². The summed E-state index contributed by atoms with van der Waals surface area (Å²) in [6.45, 7) is 0.374. The van der Waals surface area contributed by atoms with Crippen molar-refractivity contribution in [1.29, 1.82) is 0 Å². The molecule has 28 heavy (non-hydrogen) atoms. The van der Waals surface area contributed by atoms with Gasteiger partial charge in [-0.05, 0) is 23.8 Å². The molecule has 0 saturated heterocycles. The molecule has 1 N–H and O–H groups in total. The van der Waals surface area contributed by atoms with Gasteiger partial charge in [0.15, 0.2) is 11.6 Å². The minimum Gasteiger partial charge on any atom is -0.327 e. The molecule has 0 radical (unpaired) electrons. The number of halogens is 3. The molecule has 0 aliphatic heterocycles. The summed E-state index contributed by atoms with van der Waals surface area (Å²) in [4.78, 5) is 12.4. The third kappa shape index (κ3) is 5.14. The summed E-state index contributed by atoms with van der Waals surface area (Å²) in [6, 6.07) is 5.71. The first-order valence-electron chi connectivity index (χ1n) is 8.17. The second-order valence-electron chi connectivity index (χ2n) is 5.86. The molecule has 0 saturated carbocycles. The molecule has 0 aliphatic rings. The van der Waals surface area contributed by atoms with Crippen LogP contribution in [0.15, 0.2) is 55.1 Å². The van der Waals surface area contributed by atoms with Crippen LogP contribution in [0, 0.1) is 0 Å². The van der Waals surface area contributed by atoms with Gasteiger partial charge in [-0.15, -0.1) is 0 Å². The number of hydrogen-bond donors (Lipinski definition) is 1. The summed E-state index contributed by atoms with van der Waals surface area (Å²) in [6.07, 6.45) is 1.93. The number of alkyl halides is 3. The van der Waals surface area contributed by atoms with E-state index in [2.05, 4.69) is 19.7 Å². The fourth-order valence-electron chi connectivity index (χ4n) is 2.49. The van der Waals surface area contributed by atoms with E-state index in [1.54, 1.807) is 35.4 Å². The molecule has 148 valence electrons. The van der Waals surface area contributed by atoms with Crippen LogP contribution in [0.4, 0.5) is 13.2 Å². The lowest BCUT2D eigenvalue weighted by atomic mass is 10.1. The van der Waals surface area contributed by atoms with Crippen molar-refractivity contribution in [3.63, 3.8) is 0 Å². The third-order valence-electron chi connectivity index (χ3n) is 3.79. The predicted octanol–water partition coefficient (Wildman–Crippen LogP) is 2.48. The molecule has 3 rings (SSSR count). The molecule has 0 amide bonds. The van der Waals surface area contributed by atoms with Gasteiger partial charge >= 0.3 is 6.18 Å². The molecule has 7 nitrogen and oxygen atoms in total. The normalized spacial score (nSPS) is 12.2. The fourth-order valence-corrected chi connectivity index (χ4v) is 3.63. The van der Waals surface area contributed by atoms with Gasteiger partial charge in [0, 0.05) is 37.9 Å². The summed E-state index contributed by atoms with van der Waals surface area (Å²) in [5.74, 6) is 0.506. The number of hydrogen-bond acceptors (Lipinski definition) is 5. The molecule has 0 unspecified atom stereocenters. The molecule has 11 heteroatoms. The van der Waals surface area contributed by atoms with Gasteiger partial charge in [0.25, 0.3) is 0 Å². The Labute approximate surface area is 159 Å². The molecular formula is C17H16F3N5O2S. The van der Waals surface area contributed by atoms with E-state index >= 15 is 0 Å². The Bertz CT molecular complexity index is 1020. The van der Waals surface area contributed by atoms with Crippen molar-refractivity contribution in [2.45, 2.75) is 18.5 Å². The molecule has 0 spiro atoms. The average molecular weight is 411 g/mol.